The van der Waals surface area contributed by atoms with Gasteiger partial charge in [0.1, 0.15) is 10.7 Å². The number of carbonyl (C=O) groups excluding carboxylic acids is 1. The fraction of sp³-hybridized carbons (Fsp3) is 0.130. The van der Waals surface area contributed by atoms with Crippen molar-refractivity contribution < 1.29 is 14.3 Å². The Labute approximate surface area is 183 Å². The van der Waals surface area contributed by atoms with Gasteiger partial charge in [0, 0.05) is 10.3 Å². The van der Waals surface area contributed by atoms with Gasteiger partial charge in [-0.25, -0.2) is 4.98 Å². The van der Waals surface area contributed by atoms with E-state index in [1.54, 1.807) is 30.9 Å². The van der Waals surface area contributed by atoms with Crippen molar-refractivity contribution in [3.8, 4) is 22.1 Å². The van der Waals surface area contributed by atoms with E-state index in [0.29, 0.717) is 22.2 Å². The third-order valence-electron chi connectivity index (χ3n) is 4.61. The second-order valence-corrected chi connectivity index (χ2v) is 8.25. The minimum absolute atomic E-state index is 0.221. The van der Waals surface area contributed by atoms with Crippen LogP contribution in [0.3, 0.4) is 0 Å². The molecule has 0 aliphatic rings. The van der Waals surface area contributed by atoms with Gasteiger partial charge in [-0.2, -0.15) is 0 Å². The lowest BCUT2D eigenvalue weighted by Crippen LogP contribution is -2.29. The minimum atomic E-state index is -0.227. The maximum Gasteiger partial charge on any atom is 0.271 e. The first-order valence-corrected chi connectivity index (χ1v) is 11.0. The summed E-state index contributed by atoms with van der Waals surface area (Å²) in [6.45, 7) is 0. The van der Waals surface area contributed by atoms with E-state index >= 15 is 0 Å². The van der Waals surface area contributed by atoms with Crippen molar-refractivity contribution in [1.82, 2.24) is 10.3 Å². The monoisotopic (exact) mass is 436 g/mol. The summed E-state index contributed by atoms with van der Waals surface area (Å²) in [7, 11) is 3.19. The molecule has 2 heterocycles. The highest BCUT2D eigenvalue weighted by molar-refractivity contribution is 7.13. The van der Waals surface area contributed by atoms with Crippen LogP contribution in [0.1, 0.15) is 27.0 Å². The smallest absolute Gasteiger partial charge is 0.271 e. The molecular weight excluding hydrogens is 416 g/mol. The van der Waals surface area contributed by atoms with E-state index in [4.69, 9.17) is 9.47 Å². The normalized spacial score (nSPS) is 11.7. The molecule has 1 N–H and O–H groups in total. The van der Waals surface area contributed by atoms with Gasteiger partial charge in [0.05, 0.1) is 25.8 Å². The minimum Gasteiger partial charge on any atom is -0.493 e. The van der Waals surface area contributed by atoms with E-state index in [1.165, 1.54) is 11.3 Å². The maximum absolute atomic E-state index is 13.0. The fourth-order valence-electron chi connectivity index (χ4n) is 3.18. The Morgan fingerprint density at radius 2 is 1.80 bits per heavy atom. The van der Waals surface area contributed by atoms with Gasteiger partial charge in [-0.1, -0.05) is 42.5 Å². The standard InChI is InChI=1S/C23H20N2O3S2/c1-27-18-11-6-10-16(21(18)28-2)23-24-17(14-30-23)22(26)25-20(19-12-7-13-29-19)15-8-4-3-5-9-15/h3-14,20H,1-2H3,(H,25,26)/t20-/m1/s1. The molecule has 1 atom stereocenters. The SMILES string of the molecule is COc1cccc(-c2nc(C(=O)N[C@H](c3ccccc3)c3cccs3)cs2)c1OC. The number of thiazole rings is 1. The molecule has 0 bridgehead atoms. The van der Waals surface area contributed by atoms with Crippen molar-refractivity contribution in [2.45, 2.75) is 6.04 Å². The number of aromatic nitrogens is 1. The Kier molecular flexibility index (Phi) is 6.11. The topological polar surface area (TPSA) is 60.5 Å². The molecule has 5 nitrogen and oxygen atoms in total. The van der Waals surface area contributed by atoms with Crippen LogP contribution in [0.4, 0.5) is 0 Å². The average Bonchev–Trinajstić information content (AvgIpc) is 3.50. The van der Waals surface area contributed by atoms with Crippen LogP contribution >= 0.6 is 22.7 Å². The second kappa shape index (κ2) is 9.11. The zero-order chi connectivity index (χ0) is 20.9. The molecule has 2 aromatic carbocycles. The summed E-state index contributed by atoms with van der Waals surface area (Å²) in [4.78, 5) is 18.7. The molecule has 0 aliphatic carbocycles. The zero-order valence-corrected chi connectivity index (χ0v) is 18.1. The quantitative estimate of drug-likeness (QED) is 0.421. The Hall–Kier alpha value is -3.16. The lowest BCUT2D eigenvalue weighted by Gasteiger charge is -2.17. The number of methoxy groups -OCH3 is 2. The molecular formula is C23H20N2O3S2. The largest absolute Gasteiger partial charge is 0.493 e. The molecule has 0 fully saturated rings. The first-order valence-electron chi connectivity index (χ1n) is 9.27. The van der Waals surface area contributed by atoms with Gasteiger partial charge in [-0.3, -0.25) is 4.79 Å². The van der Waals surface area contributed by atoms with Crippen molar-refractivity contribution in [1.29, 1.82) is 0 Å². The highest BCUT2D eigenvalue weighted by Gasteiger charge is 2.21. The zero-order valence-electron chi connectivity index (χ0n) is 16.5. The van der Waals surface area contributed by atoms with E-state index in [9.17, 15) is 4.79 Å². The van der Waals surface area contributed by atoms with Crippen LogP contribution < -0.4 is 14.8 Å². The Morgan fingerprint density at radius 3 is 2.50 bits per heavy atom. The molecule has 7 heteroatoms. The Bertz CT molecular complexity index is 1120. The van der Waals surface area contributed by atoms with Gasteiger partial charge in [0.25, 0.3) is 5.91 Å². The van der Waals surface area contributed by atoms with Gasteiger partial charge in [0.15, 0.2) is 11.5 Å². The number of hydrogen-bond donors (Lipinski definition) is 1. The lowest BCUT2D eigenvalue weighted by molar-refractivity contribution is 0.0939. The van der Waals surface area contributed by atoms with Crippen LogP contribution in [0.25, 0.3) is 10.6 Å². The van der Waals surface area contributed by atoms with Crippen molar-refractivity contribution in [3.63, 3.8) is 0 Å². The number of rotatable bonds is 7. The predicted molar refractivity (Wildman–Crippen MR) is 121 cm³/mol. The number of para-hydroxylation sites is 1. The number of carbonyl (C=O) groups is 1. The summed E-state index contributed by atoms with van der Waals surface area (Å²) in [5.41, 5.74) is 2.19. The third kappa shape index (κ3) is 4.08. The molecule has 0 unspecified atom stereocenters. The molecule has 0 spiro atoms. The van der Waals surface area contributed by atoms with Crippen molar-refractivity contribution in [3.05, 3.63) is 87.6 Å². The van der Waals surface area contributed by atoms with E-state index in [1.807, 2.05) is 66.0 Å². The van der Waals surface area contributed by atoms with E-state index in [0.717, 1.165) is 16.0 Å². The Morgan fingerprint density at radius 1 is 0.967 bits per heavy atom. The van der Waals surface area contributed by atoms with Crippen LogP contribution in [-0.2, 0) is 0 Å². The predicted octanol–water partition coefficient (Wildman–Crippen LogP) is 5.41. The van der Waals surface area contributed by atoms with E-state index in [-0.39, 0.29) is 11.9 Å². The van der Waals surface area contributed by atoms with Crippen molar-refractivity contribution in [2.75, 3.05) is 14.2 Å². The van der Waals surface area contributed by atoms with Crippen molar-refractivity contribution in [2.24, 2.45) is 0 Å². The number of amides is 1. The molecule has 0 saturated heterocycles. The highest BCUT2D eigenvalue weighted by Crippen LogP contribution is 2.39. The number of thiophene rings is 1. The van der Waals surface area contributed by atoms with Crippen LogP contribution in [0, 0.1) is 0 Å². The van der Waals surface area contributed by atoms with Gasteiger partial charge < -0.3 is 14.8 Å². The molecule has 1 amide bonds. The summed E-state index contributed by atoms with van der Waals surface area (Å²) in [5, 5.41) is 7.60. The third-order valence-corrected chi connectivity index (χ3v) is 6.42. The molecule has 4 rings (SSSR count). The summed E-state index contributed by atoms with van der Waals surface area (Å²) in [6.07, 6.45) is 0. The number of ether oxygens (including phenoxy) is 2. The summed E-state index contributed by atoms with van der Waals surface area (Å²) in [6, 6.07) is 19.3. The summed E-state index contributed by atoms with van der Waals surface area (Å²) < 4.78 is 10.9. The molecule has 0 radical (unpaired) electrons. The van der Waals surface area contributed by atoms with Crippen molar-refractivity contribution >= 4 is 28.6 Å². The summed E-state index contributed by atoms with van der Waals surface area (Å²) >= 11 is 3.01. The van der Waals surface area contributed by atoms with Gasteiger partial charge in [-0.15, -0.1) is 22.7 Å². The molecule has 2 aromatic heterocycles. The number of nitrogens with one attached hydrogen (secondary N) is 1. The first-order chi connectivity index (χ1) is 14.7. The molecule has 30 heavy (non-hydrogen) atoms. The van der Waals surface area contributed by atoms with Crippen LogP contribution in [0.2, 0.25) is 0 Å². The highest BCUT2D eigenvalue weighted by atomic mass is 32.1. The van der Waals surface area contributed by atoms with Gasteiger partial charge in [0.2, 0.25) is 0 Å². The van der Waals surface area contributed by atoms with Gasteiger partial charge in [-0.05, 0) is 29.1 Å². The maximum atomic E-state index is 13.0. The number of hydrogen-bond acceptors (Lipinski definition) is 6. The number of benzene rings is 2. The van der Waals surface area contributed by atoms with Crippen LogP contribution in [0.15, 0.2) is 71.4 Å². The first kappa shape index (κ1) is 20.1. The Balaban J connectivity index is 1.61. The lowest BCUT2D eigenvalue weighted by atomic mass is 10.1. The van der Waals surface area contributed by atoms with E-state index in [2.05, 4.69) is 10.3 Å². The summed E-state index contributed by atoms with van der Waals surface area (Å²) in [5.74, 6) is 1.00. The van der Waals surface area contributed by atoms with E-state index < -0.39 is 0 Å². The molecule has 4 aromatic rings. The second-order valence-electron chi connectivity index (χ2n) is 6.41. The van der Waals surface area contributed by atoms with Crippen LogP contribution in [-0.4, -0.2) is 25.1 Å². The molecule has 0 aliphatic heterocycles. The van der Waals surface area contributed by atoms with Crippen LogP contribution in [0.5, 0.6) is 11.5 Å². The van der Waals surface area contributed by atoms with Gasteiger partial charge >= 0.3 is 0 Å². The number of nitrogens with zero attached hydrogens (tertiary/aromatic N) is 1. The average molecular weight is 437 g/mol. The molecule has 152 valence electrons. The molecule has 0 saturated carbocycles. The fourth-order valence-corrected chi connectivity index (χ4v) is 4.81.